The average Bonchev–Trinajstić information content (AvgIpc) is 2.86. The second-order valence-corrected chi connectivity index (χ2v) is 8.83. The first-order valence-electron chi connectivity index (χ1n) is 9.28. The molecule has 152 valence electrons. The molecule has 0 spiro atoms. The minimum absolute atomic E-state index is 0.0580. The predicted octanol–water partition coefficient (Wildman–Crippen LogP) is 1.64. The number of rotatable bonds is 5. The van der Waals surface area contributed by atoms with Crippen molar-refractivity contribution in [1.82, 2.24) is 19.4 Å². The number of aromatic amines is 1. The summed E-state index contributed by atoms with van der Waals surface area (Å²) in [5.74, 6) is 0.541. The molecule has 1 aromatic carbocycles. The highest BCUT2D eigenvalue weighted by Gasteiger charge is 2.31. The molecule has 1 aromatic heterocycles. The van der Waals surface area contributed by atoms with Crippen LogP contribution in [-0.2, 0) is 14.8 Å². The van der Waals surface area contributed by atoms with Gasteiger partial charge < -0.3 is 9.64 Å². The Morgan fingerprint density at radius 3 is 2.57 bits per heavy atom. The molecule has 1 saturated heterocycles. The number of carbonyl (C=O) groups is 1. The smallest absolute Gasteiger partial charge is 0.260 e. The number of carbonyl (C=O) groups excluding carboxylic acids is 1. The standard InChI is InChI=1S/C19H26N4O4S/c1-14-7-4-5-8-17(14)27-13-18(24)22-9-6-10-23(12-11-22)28(25,26)19-15(2)20-21-16(19)3/h4-5,7-8H,6,9-13H2,1-3H3,(H,20,21). The number of H-pyrrole nitrogens is 1. The van der Waals surface area contributed by atoms with Gasteiger partial charge in [-0.2, -0.15) is 9.40 Å². The van der Waals surface area contributed by atoms with Gasteiger partial charge in [0.05, 0.1) is 11.4 Å². The zero-order valence-corrected chi connectivity index (χ0v) is 17.3. The van der Waals surface area contributed by atoms with Crippen LogP contribution < -0.4 is 4.74 Å². The molecule has 1 amide bonds. The molecule has 0 unspecified atom stereocenters. The number of amides is 1. The molecule has 2 heterocycles. The number of ether oxygens (including phenoxy) is 1. The number of aryl methyl sites for hydroxylation is 3. The van der Waals surface area contributed by atoms with Gasteiger partial charge in [-0.3, -0.25) is 9.89 Å². The molecule has 9 heteroatoms. The van der Waals surface area contributed by atoms with Crippen LogP contribution >= 0.6 is 0 Å². The van der Waals surface area contributed by atoms with Crippen LogP contribution in [0, 0.1) is 20.8 Å². The van der Waals surface area contributed by atoms with Gasteiger partial charge in [-0.25, -0.2) is 8.42 Å². The highest BCUT2D eigenvalue weighted by atomic mass is 32.2. The Morgan fingerprint density at radius 1 is 1.14 bits per heavy atom. The van der Waals surface area contributed by atoms with Gasteiger partial charge in [0, 0.05) is 26.2 Å². The van der Waals surface area contributed by atoms with Crippen molar-refractivity contribution in [3.05, 3.63) is 41.2 Å². The van der Waals surface area contributed by atoms with E-state index in [4.69, 9.17) is 4.74 Å². The molecule has 3 rings (SSSR count). The van der Waals surface area contributed by atoms with Crippen molar-refractivity contribution in [2.75, 3.05) is 32.8 Å². The van der Waals surface area contributed by atoms with Gasteiger partial charge in [0.1, 0.15) is 10.6 Å². The summed E-state index contributed by atoms with van der Waals surface area (Å²) in [6.07, 6.45) is 0.575. The van der Waals surface area contributed by atoms with E-state index in [1.165, 1.54) is 4.31 Å². The Balaban J connectivity index is 1.63. The van der Waals surface area contributed by atoms with Crippen molar-refractivity contribution in [3.8, 4) is 5.75 Å². The molecule has 0 aliphatic carbocycles. The van der Waals surface area contributed by atoms with Crippen LogP contribution in [0.5, 0.6) is 5.75 Å². The number of benzene rings is 1. The van der Waals surface area contributed by atoms with Crippen molar-refractivity contribution >= 4 is 15.9 Å². The quantitative estimate of drug-likeness (QED) is 0.814. The van der Waals surface area contributed by atoms with Crippen LogP contribution in [0.25, 0.3) is 0 Å². The number of para-hydroxylation sites is 1. The summed E-state index contributed by atoms with van der Waals surface area (Å²) in [5.41, 5.74) is 1.96. The van der Waals surface area contributed by atoms with Crippen LogP contribution in [0.2, 0.25) is 0 Å². The normalized spacial score (nSPS) is 16.0. The molecule has 1 aliphatic rings. The molecule has 0 radical (unpaired) electrons. The van der Waals surface area contributed by atoms with E-state index in [2.05, 4.69) is 10.2 Å². The maximum absolute atomic E-state index is 13.0. The maximum Gasteiger partial charge on any atom is 0.260 e. The monoisotopic (exact) mass is 406 g/mol. The number of nitrogens with zero attached hydrogens (tertiary/aromatic N) is 3. The van der Waals surface area contributed by atoms with Crippen molar-refractivity contribution < 1.29 is 17.9 Å². The largest absolute Gasteiger partial charge is 0.484 e. The van der Waals surface area contributed by atoms with Crippen LogP contribution in [0.3, 0.4) is 0 Å². The molecule has 0 bridgehead atoms. The van der Waals surface area contributed by atoms with Gasteiger partial charge in [0.25, 0.3) is 5.91 Å². The van der Waals surface area contributed by atoms with Gasteiger partial charge in [-0.15, -0.1) is 0 Å². The summed E-state index contributed by atoms with van der Waals surface area (Å²) >= 11 is 0. The zero-order chi connectivity index (χ0) is 20.3. The first-order valence-corrected chi connectivity index (χ1v) is 10.7. The molecule has 0 atom stereocenters. The summed E-state index contributed by atoms with van der Waals surface area (Å²) in [5, 5.41) is 6.72. The number of aromatic nitrogens is 2. The first kappa shape index (κ1) is 20.3. The Morgan fingerprint density at radius 2 is 1.89 bits per heavy atom. The number of hydrogen-bond acceptors (Lipinski definition) is 5. The Labute approximate surface area is 165 Å². The number of nitrogens with one attached hydrogen (secondary N) is 1. The molecular formula is C19H26N4O4S. The third kappa shape index (κ3) is 4.20. The molecule has 8 nitrogen and oxygen atoms in total. The fourth-order valence-electron chi connectivity index (χ4n) is 3.38. The van der Waals surface area contributed by atoms with E-state index < -0.39 is 10.0 Å². The molecule has 1 aliphatic heterocycles. The van der Waals surface area contributed by atoms with Gasteiger partial charge >= 0.3 is 0 Å². The van der Waals surface area contributed by atoms with Crippen molar-refractivity contribution in [3.63, 3.8) is 0 Å². The van der Waals surface area contributed by atoms with Gasteiger partial charge in [-0.1, -0.05) is 18.2 Å². The van der Waals surface area contributed by atoms with Crippen LogP contribution in [0.15, 0.2) is 29.2 Å². The summed E-state index contributed by atoms with van der Waals surface area (Å²) < 4.78 is 33.1. The summed E-state index contributed by atoms with van der Waals surface area (Å²) in [6.45, 7) is 6.70. The van der Waals surface area contributed by atoms with E-state index in [1.54, 1.807) is 18.7 Å². The summed E-state index contributed by atoms with van der Waals surface area (Å²) in [6, 6.07) is 7.53. The van der Waals surface area contributed by atoms with Gasteiger partial charge in [-0.05, 0) is 38.8 Å². The van der Waals surface area contributed by atoms with Crippen molar-refractivity contribution in [2.24, 2.45) is 0 Å². The molecule has 2 aromatic rings. The SMILES string of the molecule is Cc1ccccc1OCC(=O)N1CCCN(S(=O)(=O)c2c(C)n[nH]c2C)CC1. The third-order valence-electron chi connectivity index (χ3n) is 4.91. The third-order valence-corrected chi connectivity index (χ3v) is 7.07. The first-order chi connectivity index (χ1) is 13.3. The lowest BCUT2D eigenvalue weighted by molar-refractivity contribution is -0.133. The Bertz CT molecular complexity index is 935. The molecule has 28 heavy (non-hydrogen) atoms. The second kappa shape index (κ2) is 8.32. The fraction of sp³-hybridized carbons (Fsp3) is 0.474. The fourth-order valence-corrected chi connectivity index (χ4v) is 5.18. The van der Waals surface area contributed by atoms with Crippen LogP contribution in [0.1, 0.15) is 23.4 Å². The lowest BCUT2D eigenvalue weighted by Crippen LogP contribution is -2.39. The van der Waals surface area contributed by atoms with E-state index in [-0.39, 0.29) is 24.0 Å². The predicted molar refractivity (Wildman–Crippen MR) is 105 cm³/mol. The number of hydrogen-bond donors (Lipinski definition) is 1. The average molecular weight is 407 g/mol. The topological polar surface area (TPSA) is 95.6 Å². The lowest BCUT2D eigenvalue weighted by atomic mass is 10.2. The maximum atomic E-state index is 13.0. The summed E-state index contributed by atoms with van der Waals surface area (Å²) in [7, 11) is -3.64. The van der Waals surface area contributed by atoms with Gasteiger partial charge in [0.15, 0.2) is 6.61 Å². The van der Waals surface area contributed by atoms with E-state index in [0.717, 1.165) is 5.56 Å². The van der Waals surface area contributed by atoms with Crippen LogP contribution in [-0.4, -0.2) is 66.5 Å². The number of sulfonamides is 1. The van der Waals surface area contributed by atoms with Gasteiger partial charge in [0.2, 0.25) is 10.0 Å². The lowest BCUT2D eigenvalue weighted by Gasteiger charge is -2.22. The zero-order valence-electron chi connectivity index (χ0n) is 16.4. The van der Waals surface area contributed by atoms with E-state index in [0.29, 0.717) is 43.2 Å². The Kier molecular flexibility index (Phi) is 6.04. The molecule has 1 N–H and O–H groups in total. The minimum atomic E-state index is -3.64. The highest BCUT2D eigenvalue weighted by Crippen LogP contribution is 2.23. The second-order valence-electron chi connectivity index (χ2n) is 6.96. The summed E-state index contributed by atoms with van der Waals surface area (Å²) in [4.78, 5) is 14.4. The van der Waals surface area contributed by atoms with Crippen molar-refractivity contribution in [1.29, 1.82) is 0 Å². The van der Waals surface area contributed by atoms with E-state index >= 15 is 0 Å². The molecule has 1 fully saturated rings. The Hall–Kier alpha value is -2.39. The highest BCUT2D eigenvalue weighted by molar-refractivity contribution is 7.89. The van der Waals surface area contributed by atoms with Crippen LogP contribution in [0.4, 0.5) is 0 Å². The minimum Gasteiger partial charge on any atom is -0.484 e. The molecule has 0 saturated carbocycles. The van der Waals surface area contributed by atoms with Crippen molar-refractivity contribution in [2.45, 2.75) is 32.1 Å². The van der Waals surface area contributed by atoms with E-state index in [9.17, 15) is 13.2 Å². The molecular weight excluding hydrogens is 380 g/mol. The van der Waals surface area contributed by atoms with E-state index in [1.807, 2.05) is 31.2 Å².